The summed E-state index contributed by atoms with van der Waals surface area (Å²) >= 11 is 0. The van der Waals surface area contributed by atoms with Gasteiger partial charge < -0.3 is 24.3 Å². The van der Waals surface area contributed by atoms with Gasteiger partial charge in [0.15, 0.2) is 11.5 Å². The number of hydrogen-bond acceptors (Lipinski definition) is 5. The Labute approximate surface area is 138 Å². The minimum atomic E-state index is -1.05. The van der Waals surface area contributed by atoms with Crippen molar-refractivity contribution in [2.75, 3.05) is 6.79 Å². The summed E-state index contributed by atoms with van der Waals surface area (Å²) in [5, 5.41) is 11.8. The van der Waals surface area contributed by atoms with Crippen molar-refractivity contribution >= 4 is 11.9 Å². The van der Waals surface area contributed by atoms with Gasteiger partial charge >= 0.3 is 5.97 Å². The Bertz CT molecular complexity index is 794. The van der Waals surface area contributed by atoms with Gasteiger partial charge in [-0.3, -0.25) is 9.59 Å². The van der Waals surface area contributed by atoms with Crippen molar-refractivity contribution in [1.82, 2.24) is 5.32 Å². The van der Waals surface area contributed by atoms with Crippen LogP contribution in [0, 0.1) is 6.92 Å². The summed E-state index contributed by atoms with van der Waals surface area (Å²) in [5.41, 5.74) is 1.72. The zero-order valence-corrected chi connectivity index (χ0v) is 13.3. The zero-order valence-electron chi connectivity index (χ0n) is 13.3. The number of ether oxygens (including phenoxy) is 2. The Balaban J connectivity index is 1.77. The number of hydrogen-bond donors (Lipinski definition) is 2. The normalized spacial score (nSPS) is 13.6. The van der Waals surface area contributed by atoms with E-state index in [0.717, 1.165) is 5.56 Å². The molecule has 0 radical (unpaired) electrons. The summed E-state index contributed by atoms with van der Waals surface area (Å²) in [6.07, 6.45) is 1.05. The lowest BCUT2D eigenvalue weighted by Gasteiger charge is -2.15. The first-order chi connectivity index (χ1) is 11.5. The minimum absolute atomic E-state index is 0.149. The molecule has 1 unspecified atom stereocenters. The van der Waals surface area contributed by atoms with Crippen LogP contribution in [0.3, 0.4) is 0 Å². The van der Waals surface area contributed by atoms with Crippen LogP contribution in [-0.4, -0.2) is 23.8 Å². The van der Waals surface area contributed by atoms with Crippen LogP contribution in [0.5, 0.6) is 11.5 Å². The second kappa shape index (κ2) is 6.27. The van der Waals surface area contributed by atoms with Crippen molar-refractivity contribution < 1.29 is 28.6 Å². The molecule has 0 bridgehead atoms. The Hall–Kier alpha value is -2.96. The highest BCUT2D eigenvalue weighted by molar-refractivity contribution is 5.97. The van der Waals surface area contributed by atoms with Crippen molar-refractivity contribution in [1.29, 1.82) is 0 Å². The van der Waals surface area contributed by atoms with Gasteiger partial charge in [0.05, 0.1) is 17.9 Å². The molecule has 1 aromatic carbocycles. The van der Waals surface area contributed by atoms with E-state index in [-0.39, 0.29) is 36.5 Å². The molecule has 1 aromatic heterocycles. The van der Waals surface area contributed by atoms with Crippen LogP contribution in [0.25, 0.3) is 0 Å². The van der Waals surface area contributed by atoms with Crippen LogP contribution >= 0.6 is 0 Å². The summed E-state index contributed by atoms with van der Waals surface area (Å²) in [4.78, 5) is 23.4. The number of nitrogens with one attached hydrogen (secondary N) is 1. The molecule has 0 spiro atoms. The monoisotopic (exact) mass is 331 g/mol. The molecule has 7 heteroatoms. The van der Waals surface area contributed by atoms with Crippen molar-refractivity contribution in [3.63, 3.8) is 0 Å². The molecule has 2 aromatic rings. The maximum atomic E-state index is 12.5. The van der Waals surface area contributed by atoms with Gasteiger partial charge in [-0.2, -0.15) is 0 Å². The maximum absolute atomic E-state index is 12.5. The fourth-order valence-electron chi connectivity index (χ4n) is 2.61. The second-order valence-corrected chi connectivity index (χ2v) is 5.60. The third-order valence-corrected chi connectivity index (χ3v) is 3.83. The number of carbonyl (C=O) groups excluding carboxylic acids is 1. The standard InChI is InChI=1S/C17H17NO6/c1-9-7-22-14(6-15(19)20)16(9)17(21)18-10(2)11-3-4-12-13(5-11)24-8-23-12/h3-5,7,10H,6,8H2,1-2H3,(H,18,21)(H,19,20). The molecular weight excluding hydrogens is 314 g/mol. The predicted octanol–water partition coefficient (Wildman–Crippen LogP) is 2.43. The Morgan fingerprint density at radius 2 is 2.04 bits per heavy atom. The van der Waals surface area contributed by atoms with Crippen molar-refractivity contribution in [2.24, 2.45) is 0 Å². The molecule has 2 N–H and O–H groups in total. The highest BCUT2D eigenvalue weighted by atomic mass is 16.7. The summed E-state index contributed by atoms with van der Waals surface area (Å²) in [5.74, 6) is 0.0339. The summed E-state index contributed by atoms with van der Waals surface area (Å²) < 4.78 is 15.8. The number of carbonyl (C=O) groups is 2. The maximum Gasteiger partial charge on any atom is 0.311 e. The number of furan rings is 1. The average Bonchev–Trinajstić information content (AvgIpc) is 3.12. The molecule has 2 heterocycles. The van der Waals surface area contributed by atoms with Gasteiger partial charge in [0.2, 0.25) is 6.79 Å². The van der Waals surface area contributed by atoms with E-state index in [1.165, 1.54) is 6.26 Å². The van der Waals surface area contributed by atoms with Gasteiger partial charge in [0.25, 0.3) is 5.91 Å². The third kappa shape index (κ3) is 3.05. The fourth-order valence-corrected chi connectivity index (χ4v) is 2.61. The SMILES string of the molecule is Cc1coc(CC(=O)O)c1C(=O)NC(C)c1ccc2c(c1)OCO2. The van der Waals surface area contributed by atoms with Crippen LogP contribution < -0.4 is 14.8 Å². The van der Waals surface area contributed by atoms with Crippen molar-refractivity contribution in [2.45, 2.75) is 26.3 Å². The smallest absolute Gasteiger partial charge is 0.311 e. The highest BCUT2D eigenvalue weighted by Gasteiger charge is 2.23. The molecule has 0 aliphatic carbocycles. The lowest BCUT2D eigenvalue weighted by molar-refractivity contribution is -0.136. The first kappa shape index (κ1) is 15.9. The number of amides is 1. The average molecular weight is 331 g/mol. The van der Waals surface area contributed by atoms with Gasteiger partial charge in [0, 0.05) is 5.56 Å². The summed E-state index contributed by atoms with van der Waals surface area (Å²) in [7, 11) is 0. The van der Waals surface area contributed by atoms with Crippen LogP contribution in [0.2, 0.25) is 0 Å². The van der Waals surface area contributed by atoms with E-state index in [2.05, 4.69) is 5.32 Å². The molecule has 1 amide bonds. The Kier molecular flexibility index (Phi) is 4.16. The van der Waals surface area contributed by atoms with E-state index >= 15 is 0 Å². The molecule has 1 aliphatic heterocycles. The van der Waals surface area contributed by atoms with Gasteiger partial charge in [-0.25, -0.2) is 0 Å². The van der Waals surface area contributed by atoms with E-state index in [9.17, 15) is 9.59 Å². The number of aryl methyl sites for hydroxylation is 1. The Morgan fingerprint density at radius 1 is 1.29 bits per heavy atom. The van der Waals surface area contributed by atoms with Crippen LogP contribution in [-0.2, 0) is 11.2 Å². The molecule has 1 aliphatic rings. The zero-order chi connectivity index (χ0) is 17.3. The molecule has 1 atom stereocenters. The molecule has 0 fully saturated rings. The second-order valence-electron chi connectivity index (χ2n) is 5.60. The molecule has 0 saturated heterocycles. The quantitative estimate of drug-likeness (QED) is 0.873. The topological polar surface area (TPSA) is 98.0 Å². The number of benzene rings is 1. The number of fused-ring (bicyclic) bond motifs is 1. The Morgan fingerprint density at radius 3 is 2.79 bits per heavy atom. The first-order valence-corrected chi connectivity index (χ1v) is 7.45. The third-order valence-electron chi connectivity index (χ3n) is 3.83. The van der Waals surface area contributed by atoms with Crippen molar-refractivity contribution in [3.05, 3.63) is 46.9 Å². The number of aliphatic carboxylic acids is 1. The first-order valence-electron chi connectivity index (χ1n) is 7.45. The lowest BCUT2D eigenvalue weighted by atomic mass is 10.1. The number of rotatable bonds is 5. The van der Waals surface area contributed by atoms with E-state index in [1.807, 2.05) is 19.1 Å². The molecule has 126 valence electrons. The van der Waals surface area contributed by atoms with Gasteiger partial charge in [-0.1, -0.05) is 6.07 Å². The molecule has 7 nitrogen and oxygen atoms in total. The predicted molar refractivity (Wildman–Crippen MR) is 83.2 cm³/mol. The minimum Gasteiger partial charge on any atom is -0.481 e. The summed E-state index contributed by atoms with van der Waals surface area (Å²) in [6, 6.07) is 5.16. The van der Waals surface area contributed by atoms with Gasteiger partial charge in [-0.05, 0) is 31.5 Å². The molecule has 24 heavy (non-hydrogen) atoms. The lowest BCUT2D eigenvalue weighted by Crippen LogP contribution is -2.28. The molecule has 3 rings (SSSR count). The number of carboxylic acid groups (broad SMARTS) is 1. The summed E-state index contributed by atoms with van der Waals surface area (Å²) in [6.45, 7) is 3.73. The fraction of sp³-hybridized carbons (Fsp3) is 0.294. The largest absolute Gasteiger partial charge is 0.481 e. The van der Waals surface area contributed by atoms with E-state index in [1.54, 1.807) is 13.0 Å². The molecular formula is C17H17NO6. The van der Waals surface area contributed by atoms with Gasteiger partial charge in [0.1, 0.15) is 12.2 Å². The molecule has 0 saturated carbocycles. The van der Waals surface area contributed by atoms with Crippen LogP contribution in [0.15, 0.2) is 28.9 Å². The van der Waals surface area contributed by atoms with Crippen LogP contribution in [0.1, 0.15) is 40.2 Å². The van der Waals surface area contributed by atoms with Gasteiger partial charge in [-0.15, -0.1) is 0 Å². The van der Waals surface area contributed by atoms with E-state index in [0.29, 0.717) is 17.1 Å². The van der Waals surface area contributed by atoms with Crippen molar-refractivity contribution in [3.8, 4) is 11.5 Å². The highest BCUT2D eigenvalue weighted by Crippen LogP contribution is 2.34. The van der Waals surface area contributed by atoms with Crippen LogP contribution in [0.4, 0.5) is 0 Å². The van der Waals surface area contributed by atoms with E-state index < -0.39 is 5.97 Å². The number of carboxylic acids is 1. The van der Waals surface area contributed by atoms with E-state index in [4.69, 9.17) is 19.0 Å².